The zero-order valence-electron chi connectivity index (χ0n) is 15.0. The highest BCUT2D eigenvalue weighted by molar-refractivity contribution is 7.99. The Morgan fingerprint density at radius 1 is 1.12 bits per heavy atom. The van der Waals surface area contributed by atoms with Gasteiger partial charge < -0.3 is 0 Å². The lowest BCUT2D eigenvalue weighted by atomic mass is 9.86. The van der Waals surface area contributed by atoms with Crippen LogP contribution >= 0.6 is 11.8 Å². The zero-order valence-corrected chi connectivity index (χ0v) is 15.8. The van der Waals surface area contributed by atoms with Crippen LogP contribution in [0.15, 0.2) is 53.7 Å². The van der Waals surface area contributed by atoms with E-state index in [2.05, 4.69) is 36.0 Å². The van der Waals surface area contributed by atoms with Crippen LogP contribution in [0.25, 0.3) is 16.8 Å². The molecule has 0 unspecified atom stereocenters. The van der Waals surface area contributed by atoms with Gasteiger partial charge >= 0.3 is 0 Å². The van der Waals surface area contributed by atoms with E-state index in [0.29, 0.717) is 11.5 Å². The summed E-state index contributed by atoms with van der Waals surface area (Å²) in [6, 6.07) is 15.8. The second-order valence-electron chi connectivity index (χ2n) is 7.30. The first-order chi connectivity index (χ1) is 12.4. The fourth-order valence-corrected chi connectivity index (χ4v) is 3.76. The number of nitrogens with zero attached hydrogens (tertiary/aromatic N) is 3. The highest BCUT2D eigenvalue weighted by Gasteiger charge is 2.16. The molecule has 0 aliphatic carbocycles. The second-order valence-corrected chi connectivity index (χ2v) is 8.25. The number of H-pyrrole nitrogens is 1. The smallest absolute Gasteiger partial charge is 0.231 e. The quantitative estimate of drug-likeness (QED) is 0.428. The number of imidazole rings is 1. The number of aromatic amines is 1. The molecule has 6 heteroatoms. The number of hydrogen-bond donors (Lipinski definition) is 1. The first kappa shape index (κ1) is 16.8. The van der Waals surface area contributed by atoms with Gasteiger partial charge in [0.15, 0.2) is 10.9 Å². The van der Waals surface area contributed by atoms with Gasteiger partial charge in [-0.25, -0.2) is 10.1 Å². The fourth-order valence-electron chi connectivity index (χ4n) is 2.91. The van der Waals surface area contributed by atoms with Crippen molar-refractivity contribution in [3.05, 3.63) is 59.7 Å². The highest BCUT2D eigenvalue weighted by Crippen LogP contribution is 2.25. The zero-order chi connectivity index (χ0) is 18.3. The number of carbonyl (C=O) groups is 1. The molecule has 5 nitrogen and oxygen atoms in total. The Balaban J connectivity index is 1.54. The molecule has 0 amide bonds. The van der Waals surface area contributed by atoms with E-state index in [4.69, 9.17) is 0 Å². The summed E-state index contributed by atoms with van der Waals surface area (Å²) in [6.07, 6.45) is 0. The topological polar surface area (TPSA) is 63.0 Å². The summed E-state index contributed by atoms with van der Waals surface area (Å²) in [5.74, 6) is 1.12. The van der Waals surface area contributed by atoms with Gasteiger partial charge in [-0.2, -0.15) is 0 Å². The van der Waals surface area contributed by atoms with Crippen LogP contribution in [0.1, 0.15) is 36.7 Å². The van der Waals surface area contributed by atoms with Gasteiger partial charge in [0.1, 0.15) is 0 Å². The van der Waals surface area contributed by atoms with Crippen LogP contribution in [0.4, 0.5) is 0 Å². The van der Waals surface area contributed by atoms with Crippen molar-refractivity contribution in [3.8, 4) is 0 Å². The van der Waals surface area contributed by atoms with Crippen molar-refractivity contribution < 1.29 is 4.79 Å². The number of fused-ring (bicyclic) bond motifs is 3. The Hall–Kier alpha value is -2.60. The molecule has 0 atom stereocenters. The minimum absolute atomic E-state index is 0.0828. The van der Waals surface area contributed by atoms with Crippen LogP contribution in [0.3, 0.4) is 0 Å². The molecule has 4 rings (SSSR count). The second kappa shape index (κ2) is 6.29. The minimum Gasteiger partial charge on any atom is -0.293 e. The van der Waals surface area contributed by atoms with Crippen molar-refractivity contribution in [1.29, 1.82) is 0 Å². The molecule has 2 heterocycles. The third-order valence-corrected chi connectivity index (χ3v) is 5.35. The molecule has 0 spiro atoms. The van der Waals surface area contributed by atoms with E-state index in [9.17, 15) is 4.79 Å². The summed E-state index contributed by atoms with van der Waals surface area (Å²) in [6.45, 7) is 6.49. The number of nitrogens with one attached hydrogen (secondary N) is 1. The predicted octanol–water partition coefficient (Wildman–Crippen LogP) is 4.48. The molecule has 0 radical (unpaired) electrons. The predicted molar refractivity (Wildman–Crippen MR) is 105 cm³/mol. The number of thioether (sulfide) groups is 1. The van der Waals surface area contributed by atoms with Gasteiger partial charge in [-0.3, -0.25) is 9.20 Å². The van der Waals surface area contributed by atoms with Gasteiger partial charge in [-0.05, 0) is 23.1 Å². The Kier molecular flexibility index (Phi) is 4.07. The number of aromatic nitrogens is 4. The van der Waals surface area contributed by atoms with Crippen molar-refractivity contribution in [3.63, 3.8) is 0 Å². The first-order valence-electron chi connectivity index (χ1n) is 8.51. The molecule has 0 bridgehead atoms. The largest absolute Gasteiger partial charge is 0.293 e. The molecule has 0 saturated carbocycles. The molecule has 1 N–H and O–H groups in total. The average molecular weight is 364 g/mol. The molecule has 2 aromatic carbocycles. The lowest BCUT2D eigenvalue weighted by Gasteiger charge is -2.18. The summed E-state index contributed by atoms with van der Waals surface area (Å²) in [7, 11) is 0. The van der Waals surface area contributed by atoms with Crippen LogP contribution in [-0.2, 0) is 5.41 Å². The minimum atomic E-state index is 0.0828. The van der Waals surface area contributed by atoms with Crippen molar-refractivity contribution >= 4 is 34.4 Å². The molecular weight excluding hydrogens is 344 g/mol. The maximum Gasteiger partial charge on any atom is 0.231 e. The molecule has 4 aromatic rings. The van der Waals surface area contributed by atoms with E-state index >= 15 is 0 Å². The fraction of sp³-hybridized carbons (Fsp3) is 0.250. The Labute approximate surface area is 155 Å². The Morgan fingerprint density at radius 3 is 2.58 bits per heavy atom. The van der Waals surface area contributed by atoms with E-state index in [-0.39, 0.29) is 11.2 Å². The maximum atomic E-state index is 12.6. The van der Waals surface area contributed by atoms with Crippen LogP contribution < -0.4 is 0 Å². The molecular formula is C20H20N4OS. The van der Waals surface area contributed by atoms with Crippen LogP contribution in [0.5, 0.6) is 0 Å². The molecule has 132 valence electrons. The van der Waals surface area contributed by atoms with E-state index < -0.39 is 0 Å². The van der Waals surface area contributed by atoms with Gasteiger partial charge in [-0.1, -0.05) is 68.9 Å². The summed E-state index contributed by atoms with van der Waals surface area (Å²) in [5, 5.41) is 7.98. The molecule has 26 heavy (non-hydrogen) atoms. The number of Topliss-reactive ketones (excluding diaryl/α,β-unsaturated/α-hetero) is 1. The average Bonchev–Trinajstić information content (AvgIpc) is 3.18. The van der Waals surface area contributed by atoms with Crippen LogP contribution in [0, 0.1) is 0 Å². The SMILES string of the molecule is CC(C)(C)c1ccc(C(=O)CSc2n[nH]c3nc4ccccc4n23)cc1. The van der Waals surface area contributed by atoms with E-state index in [1.165, 1.54) is 17.3 Å². The van der Waals surface area contributed by atoms with Gasteiger partial charge in [0.05, 0.1) is 16.8 Å². The van der Waals surface area contributed by atoms with E-state index in [1.807, 2.05) is 52.9 Å². The van der Waals surface area contributed by atoms with Crippen molar-refractivity contribution in [1.82, 2.24) is 19.6 Å². The summed E-state index contributed by atoms with van der Waals surface area (Å²) < 4.78 is 1.95. The van der Waals surface area contributed by atoms with Gasteiger partial charge in [-0.15, -0.1) is 5.10 Å². The molecule has 0 saturated heterocycles. The van der Waals surface area contributed by atoms with Crippen molar-refractivity contribution in [2.45, 2.75) is 31.3 Å². The molecule has 0 aliphatic heterocycles. The van der Waals surface area contributed by atoms with Gasteiger partial charge in [0, 0.05) is 5.56 Å². The number of carbonyl (C=O) groups excluding carboxylic acids is 1. The number of para-hydroxylation sites is 2. The van der Waals surface area contributed by atoms with Gasteiger partial charge in [0.2, 0.25) is 5.78 Å². The van der Waals surface area contributed by atoms with E-state index in [0.717, 1.165) is 21.8 Å². The van der Waals surface area contributed by atoms with Gasteiger partial charge in [0.25, 0.3) is 0 Å². The van der Waals surface area contributed by atoms with Crippen LogP contribution in [-0.4, -0.2) is 31.1 Å². The number of hydrogen-bond acceptors (Lipinski definition) is 4. The number of rotatable bonds is 4. The third kappa shape index (κ3) is 3.01. The maximum absolute atomic E-state index is 12.6. The third-order valence-electron chi connectivity index (χ3n) is 4.41. The lowest BCUT2D eigenvalue weighted by Crippen LogP contribution is -2.11. The lowest BCUT2D eigenvalue weighted by molar-refractivity contribution is 0.102. The summed E-state index contributed by atoms with van der Waals surface area (Å²) in [4.78, 5) is 17.1. The normalized spacial score (nSPS) is 12.1. The summed E-state index contributed by atoms with van der Waals surface area (Å²) in [5.41, 5.74) is 3.93. The standard InChI is InChI=1S/C20H20N4OS/c1-20(2,3)14-10-8-13(9-11-14)17(25)12-26-19-23-22-18-21-15-6-4-5-7-16(15)24(18)19/h4-11H,12H2,1-3H3,(H,21,22). The number of ketones is 1. The Morgan fingerprint density at radius 2 is 1.85 bits per heavy atom. The number of benzene rings is 2. The molecule has 0 fully saturated rings. The first-order valence-corrected chi connectivity index (χ1v) is 9.50. The molecule has 2 aromatic heterocycles. The van der Waals surface area contributed by atoms with Crippen molar-refractivity contribution in [2.75, 3.05) is 5.75 Å². The van der Waals surface area contributed by atoms with Crippen LogP contribution in [0.2, 0.25) is 0 Å². The Bertz CT molecular complexity index is 1090. The van der Waals surface area contributed by atoms with E-state index in [1.54, 1.807) is 0 Å². The monoisotopic (exact) mass is 364 g/mol. The molecule has 0 aliphatic rings. The summed E-state index contributed by atoms with van der Waals surface area (Å²) >= 11 is 1.42. The highest BCUT2D eigenvalue weighted by atomic mass is 32.2. The van der Waals surface area contributed by atoms with Crippen molar-refractivity contribution in [2.24, 2.45) is 0 Å².